The highest BCUT2D eigenvalue weighted by Crippen LogP contribution is 2.43. The molecule has 1 aliphatic carbocycles. The van der Waals surface area contributed by atoms with Gasteiger partial charge in [-0.2, -0.15) is 0 Å². The minimum absolute atomic E-state index is 0.0509. The Bertz CT molecular complexity index is 1300. The summed E-state index contributed by atoms with van der Waals surface area (Å²) >= 11 is 0. The van der Waals surface area contributed by atoms with Gasteiger partial charge in [-0.15, -0.1) is 0 Å². The van der Waals surface area contributed by atoms with E-state index in [4.69, 9.17) is 14.2 Å². The lowest BCUT2D eigenvalue weighted by atomic mass is 9.80. The number of nitrogens with one attached hydrogen (secondary N) is 1. The summed E-state index contributed by atoms with van der Waals surface area (Å²) < 4.78 is 17.9. The number of nitrogens with zero attached hydrogens (tertiary/aromatic N) is 2. The van der Waals surface area contributed by atoms with Crippen LogP contribution in [0.3, 0.4) is 0 Å². The van der Waals surface area contributed by atoms with Crippen LogP contribution in [-0.2, 0) is 10.3 Å². The van der Waals surface area contributed by atoms with E-state index in [1.54, 1.807) is 20.4 Å². The zero-order valence-electron chi connectivity index (χ0n) is 22.6. The summed E-state index contributed by atoms with van der Waals surface area (Å²) in [5.74, 6) is 2.98. The predicted octanol–water partition coefficient (Wildman–Crippen LogP) is 5.36. The fraction of sp³-hybridized carbons (Fsp3) is 0.312. The molecule has 1 heterocycles. The van der Waals surface area contributed by atoms with Crippen molar-refractivity contribution in [2.45, 2.75) is 37.5 Å². The number of hydrogen-bond donors (Lipinski definition) is 2. The van der Waals surface area contributed by atoms with E-state index in [1.165, 1.54) is 0 Å². The van der Waals surface area contributed by atoms with E-state index >= 15 is 0 Å². The van der Waals surface area contributed by atoms with Crippen molar-refractivity contribution in [2.75, 3.05) is 26.1 Å². The first kappa shape index (κ1) is 26.7. The van der Waals surface area contributed by atoms with E-state index in [0.717, 1.165) is 40.4 Å². The second-order valence-corrected chi connectivity index (χ2v) is 9.94. The molecule has 7 nitrogen and oxygen atoms in total. The topological polar surface area (TPSA) is 85.7 Å². The normalized spacial score (nSPS) is 19.0. The van der Waals surface area contributed by atoms with E-state index in [2.05, 4.69) is 27.4 Å². The van der Waals surface area contributed by atoms with Gasteiger partial charge >= 0.3 is 0 Å². The molecule has 4 aromatic rings. The van der Waals surface area contributed by atoms with Crippen LogP contribution in [0.5, 0.6) is 11.5 Å². The molecule has 3 atom stereocenters. The van der Waals surface area contributed by atoms with Crippen LogP contribution in [0.4, 0.5) is 5.82 Å². The van der Waals surface area contributed by atoms with Gasteiger partial charge in [0.25, 0.3) is 0 Å². The fourth-order valence-electron chi connectivity index (χ4n) is 5.45. The molecule has 1 aliphatic rings. The molecule has 5 rings (SSSR count). The van der Waals surface area contributed by atoms with Crippen LogP contribution in [-0.4, -0.2) is 48.0 Å². The van der Waals surface area contributed by atoms with Gasteiger partial charge in [0.1, 0.15) is 28.7 Å². The highest BCUT2D eigenvalue weighted by atomic mass is 16.5. The molecule has 1 aromatic heterocycles. The monoisotopic (exact) mass is 525 g/mol. The molecule has 202 valence electrons. The third kappa shape index (κ3) is 5.75. The standard InChI is InChI=1S/C32H35N3O4/c1-22-33-18-17-31(34-22)35-27-19-23(30(36)20-27)21-39-32(24-7-5-4-6-8-24,25-9-13-28(37-2)14-10-25)26-11-15-29(38-3)16-12-26/h4-18,23,27,30,36H,19-21H2,1-3H3,(H,33,34,35)/t23-,27-,30+/m1/s1. The Morgan fingerprint density at radius 3 is 1.97 bits per heavy atom. The number of aliphatic hydroxyl groups is 1. The van der Waals surface area contributed by atoms with E-state index < -0.39 is 11.7 Å². The smallest absolute Gasteiger partial charge is 0.143 e. The second kappa shape index (κ2) is 11.8. The molecule has 0 amide bonds. The maximum atomic E-state index is 11.1. The summed E-state index contributed by atoms with van der Waals surface area (Å²) in [6.07, 6.45) is 2.64. The van der Waals surface area contributed by atoms with Crippen molar-refractivity contribution < 1.29 is 19.3 Å². The molecule has 0 bridgehead atoms. The Hall–Kier alpha value is -3.94. The molecule has 1 fully saturated rings. The van der Waals surface area contributed by atoms with E-state index in [1.807, 2.05) is 79.7 Å². The zero-order chi connectivity index (χ0) is 27.2. The number of methoxy groups -OCH3 is 2. The highest BCUT2D eigenvalue weighted by Gasteiger charge is 2.41. The van der Waals surface area contributed by atoms with Crippen LogP contribution in [0.1, 0.15) is 35.4 Å². The molecule has 2 N–H and O–H groups in total. The van der Waals surface area contributed by atoms with Gasteiger partial charge in [0.2, 0.25) is 0 Å². The summed E-state index contributed by atoms with van der Waals surface area (Å²) in [5, 5.41) is 14.5. The van der Waals surface area contributed by atoms with Crippen LogP contribution in [0.25, 0.3) is 0 Å². The van der Waals surface area contributed by atoms with Crippen LogP contribution < -0.4 is 14.8 Å². The van der Waals surface area contributed by atoms with Crippen molar-refractivity contribution >= 4 is 5.82 Å². The molecule has 7 heteroatoms. The third-order valence-corrected chi connectivity index (χ3v) is 7.47. The first-order valence-corrected chi connectivity index (χ1v) is 13.2. The minimum Gasteiger partial charge on any atom is -0.497 e. The number of aromatic nitrogens is 2. The summed E-state index contributed by atoms with van der Waals surface area (Å²) in [5.41, 5.74) is 2.03. The number of aryl methyl sites for hydroxylation is 1. The van der Waals surface area contributed by atoms with Gasteiger partial charge in [0.05, 0.1) is 26.9 Å². The second-order valence-electron chi connectivity index (χ2n) is 9.94. The van der Waals surface area contributed by atoms with Crippen LogP contribution >= 0.6 is 0 Å². The maximum absolute atomic E-state index is 11.1. The molecule has 3 aromatic carbocycles. The van der Waals surface area contributed by atoms with Gasteiger partial charge in [-0.05, 0) is 66.8 Å². The number of hydrogen-bond acceptors (Lipinski definition) is 7. The molecule has 0 radical (unpaired) electrons. The van der Waals surface area contributed by atoms with Crippen molar-refractivity contribution in [1.82, 2.24) is 9.97 Å². The van der Waals surface area contributed by atoms with Gasteiger partial charge in [-0.3, -0.25) is 0 Å². The molecular formula is C32H35N3O4. The molecule has 39 heavy (non-hydrogen) atoms. The number of benzene rings is 3. The predicted molar refractivity (Wildman–Crippen MR) is 151 cm³/mol. The molecule has 0 unspecified atom stereocenters. The van der Waals surface area contributed by atoms with Crippen LogP contribution in [0.15, 0.2) is 91.1 Å². The lowest BCUT2D eigenvalue weighted by Crippen LogP contribution is -2.35. The molecule has 0 spiro atoms. The van der Waals surface area contributed by atoms with E-state index in [9.17, 15) is 5.11 Å². The SMILES string of the molecule is COc1ccc(C(OC[C@H]2C[C@@H](Nc3ccnc(C)n3)C[C@@H]2O)(c2ccccc2)c2ccc(OC)cc2)cc1. The fourth-order valence-corrected chi connectivity index (χ4v) is 5.45. The Morgan fingerprint density at radius 2 is 1.41 bits per heavy atom. The van der Waals surface area contributed by atoms with Gasteiger partial charge in [0.15, 0.2) is 0 Å². The van der Waals surface area contributed by atoms with Gasteiger partial charge in [-0.1, -0.05) is 54.6 Å². The quantitative estimate of drug-likeness (QED) is 0.270. The van der Waals surface area contributed by atoms with E-state index in [-0.39, 0.29) is 12.0 Å². The average Bonchev–Trinajstić information content (AvgIpc) is 3.33. The van der Waals surface area contributed by atoms with Gasteiger partial charge in [-0.25, -0.2) is 9.97 Å². The summed E-state index contributed by atoms with van der Waals surface area (Å²) in [6.45, 7) is 2.24. The van der Waals surface area contributed by atoms with Crippen LogP contribution in [0.2, 0.25) is 0 Å². The van der Waals surface area contributed by atoms with Gasteiger partial charge in [0, 0.05) is 18.2 Å². The van der Waals surface area contributed by atoms with Crippen molar-refractivity contribution in [3.05, 3.63) is 114 Å². The maximum Gasteiger partial charge on any atom is 0.143 e. The number of ether oxygens (including phenoxy) is 3. The molecule has 0 saturated heterocycles. The zero-order valence-corrected chi connectivity index (χ0v) is 22.6. The van der Waals surface area contributed by atoms with Gasteiger partial charge < -0.3 is 24.6 Å². The van der Waals surface area contributed by atoms with Crippen molar-refractivity contribution in [1.29, 1.82) is 0 Å². The largest absolute Gasteiger partial charge is 0.497 e. The van der Waals surface area contributed by atoms with E-state index in [0.29, 0.717) is 18.9 Å². The third-order valence-electron chi connectivity index (χ3n) is 7.47. The van der Waals surface area contributed by atoms with Crippen LogP contribution in [0, 0.1) is 12.8 Å². The van der Waals surface area contributed by atoms with Crippen molar-refractivity contribution in [2.24, 2.45) is 5.92 Å². The Morgan fingerprint density at radius 1 is 0.821 bits per heavy atom. The summed E-state index contributed by atoms with van der Waals surface area (Å²) in [7, 11) is 3.32. The summed E-state index contributed by atoms with van der Waals surface area (Å²) in [4.78, 5) is 8.64. The Kier molecular flexibility index (Phi) is 8.10. The molecular weight excluding hydrogens is 490 g/mol. The first-order valence-electron chi connectivity index (χ1n) is 13.2. The molecule has 0 aliphatic heterocycles. The Balaban J connectivity index is 1.48. The number of aliphatic hydroxyl groups excluding tert-OH is 1. The average molecular weight is 526 g/mol. The molecule has 1 saturated carbocycles. The minimum atomic E-state index is -0.908. The number of rotatable bonds is 10. The Labute approximate surface area is 229 Å². The number of anilines is 1. The lowest BCUT2D eigenvalue weighted by molar-refractivity contribution is -0.0295. The summed E-state index contributed by atoms with van der Waals surface area (Å²) in [6, 6.07) is 28.2. The lowest BCUT2D eigenvalue weighted by Gasteiger charge is -2.37. The highest BCUT2D eigenvalue weighted by molar-refractivity contribution is 5.49. The van der Waals surface area contributed by atoms with Crippen molar-refractivity contribution in [3.63, 3.8) is 0 Å². The van der Waals surface area contributed by atoms with Crippen molar-refractivity contribution in [3.8, 4) is 11.5 Å². The first-order chi connectivity index (χ1) is 19.0.